The molecule has 3 aromatic heterocycles. The molecular formula is C18H19ClFN5O2. The second-order valence-electron chi connectivity index (χ2n) is 6.59. The molecule has 1 aliphatic rings. The minimum atomic E-state index is -0.738. The zero-order valence-corrected chi connectivity index (χ0v) is 15.4. The molecule has 1 unspecified atom stereocenters. The van der Waals surface area contributed by atoms with Crippen LogP contribution in [-0.4, -0.2) is 50.4 Å². The molecule has 0 spiro atoms. The number of aliphatic hydroxyl groups is 1. The van der Waals surface area contributed by atoms with E-state index in [0.29, 0.717) is 28.5 Å². The van der Waals surface area contributed by atoms with E-state index < -0.39 is 11.9 Å². The van der Waals surface area contributed by atoms with Gasteiger partial charge in [-0.2, -0.15) is 0 Å². The zero-order chi connectivity index (χ0) is 19.0. The van der Waals surface area contributed by atoms with Gasteiger partial charge in [0.2, 0.25) is 0 Å². The highest BCUT2D eigenvalue weighted by Gasteiger charge is 2.32. The number of hydrogen-bond donors (Lipinski definition) is 3. The van der Waals surface area contributed by atoms with E-state index in [2.05, 4.69) is 25.3 Å². The molecule has 27 heavy (non-hydrogen) atoms. The molecule has 9 heteroatoms. The third-order valence-electron chi connectivity index (χ3n) is 4.90. The lowest BCUT2D eigenvalue weighted by molar-refractivity contribution is -0.0421. The Labute approximate surface area is 160 Å². The van der Waals surface area contributed by atoms with Crippen LogP contribution in [0.1, 0.15) is 19.3 Å². The Bertz CT molecular complexity index is 966. The van der Waals surface area contributed by atoms with Gasteiger partial charge >= 0.3 is 0 Å². The van der Waals surface area contributed by atoms with Gasteiger partial charge < -0.3 is 20.1 Å². The van der Waals surface area contributed by atoms with Crippen molar-refractivity contribution in [3.05, 3.63) is 35.5 Å². The second-order valence-corrected chi connectivity index (χ2v) is 7.03. The molecule has 1 saturated carbocycles. The molecular weight excluding hydrogens is 373 g/mol. The van der Waals surface area contributed by atoms with Crippen molar-refractivity contribution in [3.63, 3.8) is 0 Å². The molecule has 3 atom stereocenters. The summed E-state index contributed by atoms with van der Waals surface area (Å²) >= 11 is 6.03. The monoisotopic (exact) mass is 391 g/mol. The average Bonchev–Trinajstić information content (AvgIpc) is 3.08. The van der Waals surface area contributed by atoms with Crippen molar-refractivity contribution in [1.29, 1.82) is 0 Å². The number of H-pyrrole nitrogens is 1. The number of ether oxygens (including phenoxy) is 1. The van der Waals surface area contributed by atoms with Gasteiger partial charge in [0.25, 0.3) is 0 Å². The quantitative estimate of drug-likeness (QED) is 0.632. The predicted molar refractivity (Wildman–Crippen MR) is 100 cm³/mol. The molecule has 7 nitrogen and oxygen atoms in total. The number of fused-ring (bicyclic) bond motifs is 1. The van der Waals surface area contributed by atoms with Crippen molar-refractivity contribution in [3.8, 4) is 11.4 Å². The van der Waals surface area contributed by atoms with Crippen molar-refractivity contribution in [2.75, 3.05) is 12.4 Å². The first kappa shape index (κ1) is 18.1. The number of rotatable bonds is 4. The van der Waals surface area contributed by atoms with Crippen LogP contribution in [0, 0.1) is 5.82 Å². The van der Waals surface area contributed by atoms with Crippen LogP contribution in [0.4, 0.5) is 10.2 Å². The second kappa shape index (κ2) is 7.38. The van der Waals surface area contributed by atoms with Crippen molar-refractivity contribution < 1.29 is 14.2 Å². The normalized spacial score (nSPS) is 22.9. The Balaban J connectivity index is 1.66. The summed E-state index contributed by atoms with van der Waals surface area (Å²) in [4.78, 5) is 15.7. The summed E-state index contributed by atoms with van der Waals surface area (Å²) in [7, 11) is 1.57. The molecule has 4 rings (SSSR count). The minimum absolute atomic E-state index is 0.0464. The third-order valence-corrected chi connectivity index (χ3v) is 5.11. The fourth-order valence-corrected chi connectivity index (χ4v) is 3.65. The Hall–Kier alpha value is -2.29. The molecule has 0 amide bonds. The van der Waals surface area contributed by atoms with Crippen molar-refractivity contribution in [2.45, 2.75) is 37.5 Å². The van der Waals surface area contributed by atoms with Crippen LogP contribution in [0.3, 0.4) is 0 Å². The highest BCUT2D eigenvalue weighted by atomic mass is 35.5. The minimum Gasteiger partial charge on any atom is -0.388 e. The Morgan fingerprint density at radius 3 is 3.00 bits per heavy atom. The van der Waals surface area contributed by atoms with Crippen LogP contribution >= 0.6 is 11.6 Å². The summed E-state index contributed by atoms with van der Waals surface area (Å²) in [5, 5.41) is 14.7. The maximum absolute atomic E-state index is 14.3. The van der Waals surface area contributed by atoms with E-state index in [1.54, 1.807) is 25.6 Å². The van der Waals surface area contributed by atoms with Crippen LogP contribution < -0.4 is 5.32 Å². The van der Waals surface area contributed by atoms with E-state index in [4.69, 9.17) is 16.3 Å². The van der Waals surface area contributed by atoms with Gasteiger partial charge in [0.05, 0.1) is 23.4 Å². The summed E-state index contributed by atoms with van der Waals surface area (Å²) in [6.07, 6.45) is 5.70. The van der Waals surface area contributed by atoms with E-state index in [1.807, 2.05) is 0 Å². The number of methoxy groups -OCH3 is 1. The third kappa shape index (κ3) is 3.47. The van der Waals surface area contributed by atoms with E-state index in [-0.39, 0.29) is 18.0 Å². The molecule has 142 valence electrons. The molecule has 1 fully saturated rings. The molecule has 3 N–H and O–H groups in total. The van der Waals surface area contributed by atoms with E-state index >= 15 is 0 Å². The maximum Gasteiger partial charge on any atom is 0.183 e. The average molecular weight is 392 g/mol. The molecule has 3 heterocycles. The molecule has 3 aromatic rings. The summed E-state index contributed by atoms with van der Waals surface area (Å²) in [5.74, 6) is -0.200. The van der Waals surface area contributed by atoms with Crippen molar-refractivity contribution >= 4 is 28.5 Å². The Morgan fingerprint density at radius 1 is 1.33 bits per heavy atom. The van der Waals surface area contributed by atoms with Crippen LogP contribution in [0.5, 0.6) is 0 Å². The maximum atomic E-state index is 14.3. The van der Waals surface area contributed by atoms with Crippen LogP contribution in [0.15, 0.2) is 24.7 Å². The van der Waals surface area contributed by atoms with Gasteiger partial charge in [-0.1, -0.05) is 11.6 Å². The lowest BCUT2D eigenvalue weighted by Crippen LogP contribution is -2.46. The summed E-state index contributed by atoms with van der Waals surface area (Å²) in [5.41, 5.74) is 1.31. The van der Waals surface area contributed by atoms with Gasteiger partial charge in [-0.15, -0.1) is 0 Å². The molecule has 0 aliphatic heterocycles. The fraction of sp³-hybridized carbons (Fsp3) is 0.389. The molecule has 0 saturated heterocycles. The first-order chi connectivity index (χ1) is 13.1. The largest absolute Gasteiger partial charge is 0.388 e. The van der Waals surface area contributed by atoms with Gasteiger partial charge in [0.15, 0.2) is 17.5 Å². The van der Waals surface area contributed by atoms with Crippen LogP contribution in [-0.2, 0) is 4.74 Å². The number of nitrogens with one attached hydrogen (secondary N) is 2. The molecule has 0 radical (unpaired) electrons. The number of hydrogen-bond acceptors (Lipinski definition) is 6. The van der Waals surface area contributed by atoms with E-state index in [0.717, 1.165) is 24.4 Å². The fourth-order valence-electron chi connectivity index (χ4n) is 3.49. The number of aliphatic hydroxyl groups excluding tert-OH is 1. The van der Waals surface area contributed by atoms with Gasteiger partial charge in [0, 0.05) is 30.5 Å². The molecule has 0 bridgehead atoms. The standard InChI is InChI=1S/C18H19ClFN5O2/c1-27-14-4-2-3-13(15(14)26)24-18-12(20)8-23-17(25-18)11-7-22-16-10(11)5-9(19)6-21-16/h5-8,13-15,26H,2-4H2,1H3,(H,21,22)(H,23,24,25)/t13?,14-,15-/m1/s1. The molecule has 0 aromatic carbocycles. The number of aromatic nitrogens is 4. The highest BCUT2D eigenvalue weighted by Crippen LogP contribution is 2.29. The lowest BCUT2D eigenvalue weighted by atomic mass is 9.90. The number of halogens is 2. The van der Waals surface area contributed by atoms with Crippen LogP contribution in [0.2, 0.25) is 5.02 Å². The molecule has 1 aliphatic carbocycles. The van der Waals surface area contributed by atoms with Gasteiger partial charge in [-0.05, 0) is 25.3 Å². The lowest BCUT2D eigenvalue weighted by Gasteiger charge is -2.34. The topological polar surface area (TPSA) is 96.0 Å². The summed E-state index contributed by atoms with van der Waals surface area (Å²) in [6, 6.07) is 1.41. The van der Waals surface area contributed by atoms with Gasteiger partial charge in [-0.25, -0.2) is 19.3 Å². The summed E-state index contributed by atoms with van der Waals surface area (Å²) < 4.78 is 19.6. The zero-order valence-electron chi connectivity index (χ0n) is 14.6. The van der Waals surface area contributed by atoms with Gasteiger partial charge in [-0.3, -0.25) is 0 Å². The SMILES string of the molecule is CO[C@@H]1CCCC(Nc2nc(-c3c[nH]c4ncc(Cl)cc34)ncc2F)[C@H]1O. The number of nitrogens with zero attached hydrogens (tertiary/aromatic N) is 3. The van der Waals surface area contributed by atoms with E-state index in [1.165, 1.54) is 0 Å². The van der Waals surface area contributed by atoms with Gasteiger partial charge in [0.1, 0.15) is 11.8 Å². The van der Waals surface area contributed by atoms with Crippen molar-refractivity contribution in [1.82, 2.24) is 19.9 Å². The number of anilines is 1. The Kier molecular flexibility index (Phi) is 4.94. The number of aromatic amines is 1. The number of pyridine rings is 1. The Morgan fingerprint density at radius 2 is 2.19 bits per heavy atom. The summed E-state index contributed by atoms with van der Waals surface area (Å²) in [6.45, 7) is 0. The van der Waals surface area contributed by atoms with E-state index in [9.17, 15) is 9.50 Å². The first-order valence-corrected chi connectivity index (χ1v) is 9.07. The highest BCUT2D eigenvalue weighted by molar-refractivity contribution is 6.31. The first-order valence-electron chi connectivity index (χ1n) is 8.69. The van der Waals surface area contributed by atoms with Crippen molar-refractivity contribution in [2.24, 2.45) is 0 Å². The smallest absolute Gasteiger partial charge is 0.183 e. The van der Waals surface area contributed by atoms with Crippen LogP contribution in [0.25, 0.3) is 22.4 Å². The predicted octanol–water partition coefficient (Wildman–Crippen LogP) is 3.15.